The van der Waals surface area contributed by atoms with Crippen molar-refractivity contribution in [3.63, 3.8) is 0 Å². The first-order valence-electron chi connectivity index (χ1n) is 3.32. The summed E-state index contributed by atoms with van der Waals surface area (Å²) in [6.07, 6.45) is -19.0. The number of nitrogens with zero attached hydrogens (tertiary/aromatic N) is 1. The largest absolute Gasteiger partial charge is 0.467 e. The highest BCUT2D eigenvalue weighted by Crippen LogP contribution is 2.34. The second-order valence-corrected chi connectivity index (χ2v) is 2.45. The highest BCUT2D eigenvalue weighted by Gasteiger charge is 2.54. The van der Waals surface area contributed by atoms with Gasteiger partial charge in [-0.25, -0.2) is 0 Å². The van der Waals surface area contributed by atoms with Crippen LogP contribution in [0.15, 0.2) is 0 Å². The maximum absolute atomic E-state index is 11.6. The molecule has 0 aromatic rings. The first-order valence-corrected chi connectivity index (χ1v) is 3.32. The minimum absolute atomic E-state index is 2.12. The first-order chi connectivity index (χ1) is 6.34. The van der Waals surface area contributed by atoms with Gasteiger partial charge in [-0.05, 0) is 0 Å². The predicted molar refractivity (Wildman–Crippen MR) is 29.5 cm³/mol. The van der Waals surface area contributed by atoms with E-state index in [1.54, 1.807) is 0 Å². The highest BCUT2D eigenvalue weighted by molar-refractivity contribution is 4.65. The van der Waals surface area contributed by atoms with Crippen molar-refractivity contribution in [2.45, 2.75) is 25.2 Å². The van der Waals surface area contributed by atoms with E-state index in [4.69, 9.17) is 0 Å². The van der Waals surface area contributed by atoms with Crippen molar-refractivity contribution in [2.24, 2.45) is 0 Å². The van der Waals surface area contributed by atoms with E-state index in [1.807, 2.05) is 0 Å². The molecule has 0 radical (unpaired) electrons. The summed E-state index contributed by atoms with van der Waals surface area (Å²) in [5, 5.41) is 0. The lowest BCUT2D eigenvalue weighted by Gasteiger charge is -2.26. The average molecular weight is 249 g/mol. The van der Waals surface area contributed by atoms with Gasteiger partial charge in [0.2, 0.25) is 0 Å². The summed E-state index contributed by atoms with van der Waals surface area (Å²) in [6.45, 7) is -2.20. The molecule has 1 nitrogen and oxygen atoms in total. The number of hydrogen-bond donors (Lipinski definition) is 0. The zero-order valence-corrected chi connectivity index (χ0v) is 6.76. The third kappa shape index (κ3) is 5.70. The van der Waals surface area contributed by atoms with Crippen molar-refractivity contribution < 1.29 is 39.5 Å². The molecule has 0 heterocycles. The van der Waals surface area contributed by atoms with E-state index in [9.17, 15) is 39.5 Å². The molecule has 0 aromatic heterocycles. The van der Waals surface area contributed by atoms with Crippen LogP contribution in [0.1, 0.15) is 6.42 Å². The Morgan fingerprint density at radius 3 is 1.20 bits per heavy atom. The number of halogens is 9. The fraction of sp³-hybridized carbons (Fsp3) is 1.00. The summed E-state index contributed by atoms with van der Waals surface area (Å²) < 4.78 is 104. The van der Waals surface area contributed by atoms with Crippen LogP contribution in [0, 0.1) is 0 Å². The van der Waals surface area contributed by atoms with Gasteiger partial charge in [-0.15, -0.1) is 4.90 Å². The quantitative estimate of drug-likeness (QED) is 0.536. The molecule has 0 aliphatic heterocycles. The van der Waals surface area contributed by atoms with Crippen molar-refractivity contribution in [3.05, 3.63) is 0 Å². The molecule has 0 aliphatic rings. The minimum atomic E-state index is -5.87. The van der Waals surface area contributed by atoms with Gasteiger partial charge in [0.05, 0.1) is 6.42 Å². The van der Waals surface area contributed by atoms with Gasteiger partial charge in [0.15, 0.2) is 0 Å². The molecule has 0 bridgehead atoms. The van der Waals surface area contributed by atoms with Gasteiger partial charge in [-0.3, -0.25) is 0 Å². The molecule has 0 saturated heterocycles. The lowest BCUT2D eigenvalue weighted by atomic mass is 10.4. The van der Waals surface area contributed by atoms with Gasteiger partial charge < -0.3 is 0 Å². The topological polar surface area (TPSA) is 3.24 Å². The molecule has 0 saturated carbocycles. The number of alkyl halides is 9. The Kier molecular flexibility index (Phi) is 3.88. The van der Waals surface area contributed by atoms with Crippen molar-refractivity contribution >= 4 is 0 Å². The number of rotatable bonds is 2. The van der Waals surface area contributed by atoms with Gasteiger partial charge in [0, 0.05) is 6.54 Å². The third-order valence-electron chi connectivity index (χ3n) is 1.23. The van der Waals surface area contributed by atoms with E-state index in [1.165, 1.54) is 0 Å². The molecule has 0 aliphatic carbocycles. The smallest absolute Gasteiger partial charge is 0.171 e. The first kappa shape index (κ1) is 14.3. The summed E-state index contributed by atoms with van der Waals surface area (Å²) in [6, 6.07) is 0. The summed E-state index contributed by atoms with van der Waals surface area (Å²) in [5.41, 5.74) is 0. The number of hydrogen-bond acceptors (Lipinski definition) is 1. The highest BCUT2D eigenvalue weighted by atomic mass is 19.4. The third-order valence-corrected chi connectivity index (χ3v) is 1.23. The molecule has 0 N–H and O–H groups in total. The van der Waals surface area contributed by atoms with Crippen LogP contribution in [-0.2, 0) is 0 Å². The second-order valence-electron chi connectivity index (χ2n) is 2.45. The van der Waals surface area contributed by atoms with Crippen LogP contribution in [0.5, 0.6) is 0 Å². The van der Waals surface area contributed by atoms with Gasteiger partial charge in [0.25, 0.3) is 0 Å². The maximum Gasteiger partial charge on any atom is 0.467 e. The molecular weight excluding hydrogens is 245 g/mol. The summed E-state index contributed by atoms with van der Waals surface area (Å²) in [5.74, 6) is 0. The van der Waals surface area contributed by atoms with Crippen molar-refractivity contribution in [3.8, 4) is 0 Å². The molecule has 0 spiro atoms. The Hall–Kier alpha value is -0.670. The van der Waals surface area contributed by atoms with Crippen LogP contribution in [0.25, 0.3) is 0 Å². The summed E-state index contributed by atoms with van der Waals surface area (Å²) in [4.78, 5) is -2.12. The van der Waals surface area contributed by atoms with Crippen molar-refractivity contribution in [1.82, 2.24) is 4.90 Å². The van der Waals surface area contributed by atoms with E-state index in [2.05, 4.69) is 0 Å². The molecule has 92 valence electrons. The van der Waals surface area contributed by atoms with Crippen molar-refractivity contribution in [2.75, 3.05) is 6.54 Å². The molecule has 15 heavy (non-hydrogen) atoms. The van der Waals surface area contributed by atoms with Gasteiger partial charge >= 0.3 is 18.8 Å². The van der Waals surface area contributed by atoms with Crippen LogP contribution in [0.4, 0.5) is 39.5 Å². The van der Waals surface area contributed by atoms with Crippen LogP contribution in [0.3, 0.4) is 0 Å². The fourth-order valence-corrected chi connectivity index (χ4v) is 0.636. The monoisotopic (exact) mass is 249 g/mol. The van der Waals surface area contributed by atoms with E-state index in [0.717, 1.165) is 0 Å². The lowest BCUT2D eigenvalue weighted by Crippen LogP contribution is -2.49. The summed E-state index contributed by atoms with van der Waals surface area (Å²) >= 11 is 0. The Labute approximate surface area is 77.4 Å². The Balaban J connectivity index is 4.56. The van der Waals surface area contributed by atoms with Gasteiger partial charge in [-0.2, -0.15) is 39.5 Å². The lowest BCUT2D eigenvalue weighted by molar-refractivity contribution is -0.375. The molecule has 0 unspecified atom stereocenters. The zero-order valence-electron chi connectivity index (χ0n) is 6.76. The van der Waals surface area contributed by atoms with Crippen LogP contribution >= 0.6 is 0 Å². The predicted octanol–water partition coefficient (Wildman–Crippen LogP) is 3.28. The molecule has 0 aromatic carbocycles. The minimum Gasteiger partial charge on any atom is -0.171 e. The molecule has 0 fully saturated rings. The molecular formula is C5H4F9N. The summed E-state index contributed by atoms with van der Waals surface area (Å²) in [7, 11) is 0. The Morgan fingerprint density at radius 1 is 0.667 bits per heavy atom. The van der Waals surface area contributed by atoms with E-state index in [0.29, 0.717) is 0 Å². The molecule has 0 atom stereocenters. The Bertz CT molecular complexity index is 184. The van der Waals surface area contributed by atoms with Crippen LogP contribution in [-0.4, -0.2) is 30.2 Å². The molecule has 0 amide bonds. The molecule has 0 rings (SSSR count). The van der Waals surface area contributed by atoms with Gasteiger partial charge in [0.1, 0.15) is 0 Å². The van der Waals surface area contributed by atoms with Crippen molar-refractivity contribution in [1.29, 1.82) is 0 Å². The van der Waals surface area contributed by atoms with E-state index >= 15 is 0 Å². The standard InChI is InChI=1S/C5H4F9N/c6-3(7,8)1-2-15(4(9,10)11)5(12,13)14/h1-2H2. The maximum atomic E-state index is 11.6. The van der Waals surface area contributed by atoms with Gasteiger partial charge in [-0.1, -0.05) is 0 Å². The SMILES string of the molecule is FC(F)(F)CCN(C(F)(F)F)C(F)(F)F. The average Bonchev–Trinajstić information content (AvgIpc) is 1.75. The fourth-order valence-electron chi connectivity index (χ4n) is 0.636. The van der Waals surface area contributed by atoms with Crippen LogP contribution < -0.4 is 0 Å². The Morgan fingerprint density at radius 2 is 1.00 bits per heavy atom. The van der Waals surface area contributed by atoms with E-state index < -0.39 is 36.6 Å². The second kappa shape index (κ2) is 4.06. The zero-order chi connectivity index (χ0) is 12.5. The molecule has 10 heteroatoms. The van der Waals surface area contributed by atoms with Crippen LogP contribution in [0.2, 0.25) is 0 Å². The normalized spacial score (nSPS) is 14.8. The van der Waals surface area contributed by atoms with E-state index in [-0.39, 0.29) is 0 Å².